The molecular weight excluding hydrogens is 488 g/mol. The number of hydrazone groups is 1. The Kier molecular flexibility index (Phi) is 7.02. The monoisotopic (exact) mass is 512 g/mol. The van der Waals surface area contributed by atoms with Crippen LogP contribution in [0.25, 0.3) is 11.2 Å². The molecule has 4 aromatic rings. The number of ether oxygens (including phenoxy) is 3. The standard InChI is InChI=1S/C24H25ClN6O5/c1-29-21-19(22(32)30(2)24(29)33)31(13-15-8-6-7-9-16(15)25)23(27-21)28-26-12-14-10-17(34-3)20(36-5)18(11-14)35-4/h6-12H,13H2,1-5H3,(H,27,28)/b26-12-. The Bertz CT molecular complexity index is 1560. The SMILES string of the molecule is COc1cc(/C=N\Nc2nc3c(c(=O)n(C)c(=O)n3C)n2Cc2ccccc2Cl)cc(OC)c1OC. The number of hydrogen-bond donors (Lipinski definition) is 1. The summed E-state index contributed by atoms with van der Waals surface area (Å²) in [6.07, 6.45) is 1.54. The van der Waals surface area contributed by atoms with Crippen molar-refractivity contribution in [2.24, 2.45) is 19.2 Å². The Balaban J connectivity index is 1.80. The van der Waals surface area contributed by atoms with E-state index in [1.807, 2.05) is 18.2 Å². The first-order valence-electron chi connectivity index (χ1n) is 10.8. The van der Waals surface area contributed by atoms with Crippen LogP contribution in [0, 0.1) is 0 Å². The lowest BCUT2D eigenvalue weighted by Gasteiger charge is -2.12. The Morgan fingerprint density at radius 2 is 1.69 bits per heavy atom. The molecule has 1 N–H and O–H groups in total. The number of hydrogen-bond acceptors (Lipinski definition) is 8. The van der Waals surface area contributed by atoms with Crippen molar-refractivity contribution < 1.29 is 14.2 Å². The molecule has 0 saturated heterocycles. The molecule has 0 fully saturated rings. The number of nitrogens with one attached hydrogen (secondary N) is 1. The van der Waals surface area contributed by atoms with Gasteiger partial charge in [-0.1, -0.05) is 29.8 Å². The van der Waals surface area contributed by atoms with E-state index in [-0.39, 0.29) is 23.7 Å². The minimum atomic E-state index is -0.484. The van der Waals surface area contributed by atoms with Crippen molar-refractivity contribution in [3.05, 3.63) is 73.4 Å². The molecule has 0 bridgehead atoms. The van der Waals surface area contributed by atoms with Crippen molar-refractivity contribution in [3.8, 4) is 17.2 Å². The highest BCUT2D eigenvalue weighted by molar-refractivity contribution is 6.31. The molecule has 0 saturated carbocycles. The van der Waals surface area contributed by atoms with Gasteiger partial charge >= 0.3 is 5.69 Å². The van der Waals surface area contributed by atoms with E-state index < -0.39 is 11.2 Å². The molecule has 11 nitrogen and oxygen atoms in total. The fraction of sp³-hybridized carbons (Fsp3) is 0.250. The molecule has 12 heteroatoms. The van der Waals surface area contributed by atoms with Gasteiger partial charge in [0, 0.05) is 24.7 Å². The van der Waals surface area contributed by atoms with E-state index in [1.54, 1.807) is 36.0 Å². The highest BCUT2D eigenvalue weighted by Gasteiger charge is 2.20. The van der Waals surface area contributed by atoms with Gasteiger partial charge in [0.25, 0.3) is 5.56 Å². The van der Waals surface area contributed by atoms with Crippen molar-refractivity contribution in [1.29, 1.82) is 0 Å². The molecule has 36 heavy (non-hydrogen) atoms. The Morgan fingerprint density at radius 3 is 2.31 bits per heavy atom. The molecule has 4 rings (SSSR count). The summed E-state index contributed by atoms with van der Waals surface area (Å²) in [6.45, 7) is 0.228. The van der Waals surface area contributed by atoms with Crippen LogP contribution in [0.2, 0.25) is 5.02 Å². The van der Waals surface area contributed by atoms with Crippen molar-refractivity contribution in [2.45, 2.75) is 6.54 Å². The fourth-order valence-electron chi connectivity index (χ4n) is 3.82. The topological polar surface area (TPSA) is 114 Å². The maximum Gasteiger partial charge on any atom is 0.332 e. The van der Waals surface area contributed by atoms with Gasteiger partial charge in [-0.05, 0) is 23.8 Å². The Morgan fingerprint density at radius 1 is 1.03 bits per heavy atom. The molecule has 0 spiro atoms. The number of aromatic nitrogens is 4. The molecule has 0 atom stereocenters. The number of halogens is 1. The minimum absolute atomic E-state index is 0.223. The molecular formula is C24H25ClN6O5. The summed E-state index contributed by atoms with van der Waals surface area (Å²) < 4.78 is 20.1. The van der Waals surface area contributed by atoms with Crippen LogP contribution in [-0.4, -0.2) is 46.2 Å². The van der Waals surface area contributed by atoms with Crippen molar-refractivity contribution >= 4 is 34.9 Å². The van der Waals surface area contributed by atoms with Crippen LogP contribution >= 0.6 is 11.6 Å². The second kappa shape index (κ2) is 10.2. The molecule has 0 unspecified atom stereocenters. The number of rotatable bonds is 8. The zero-order chi connectivity index (χ0) is 26.0. The molecule has 188 valence electrons. The molecule has 2 aromatic heterocycles. The third kappa shape index (κ3) is 4.40. The van der Waals surface area contributed by atoms with Crippen molar-refractivity contribution in [1.82, 2.24) is 18.7 Å². The summed E-state index contributed by atoms with van der Waals surface area (Å²) in [5.41, 5.74) is 3.82. The number of anilines is 1. The summed E-state index contributed by atoms with van der Waals surface area (Å²) in [4.78, 5) is 30.0. The molecule has 0 radical (unpaired) electrons. The van der Waals surface area contributed by atoms with E-state index in [0.717, 1.165) is 10.1 Å². The van der Waals surface area contributed by atoms with Gasteiger partial charge < -0.3 is 14.2 Å². The van der Waals surface area contributed by atoms with Crippen LogP contribution in [0.15, 0.2) is 51.1 Å². The number of imidazole rings is 1. The van der Waals surface area contributed by atoms with E-state index >= 15 is 0 Å². The van der Waals surface area contributed by atoms with E-state index in [9.17, 15) is 9.59 Å². The van der Waals surface area contributed by atoms with Crippen LogP contribution < -0.4 is 30.9 Å². The van der Waals surface area contributed by atoms with Gasteiger partial charge in [-0.25, -0.2) is 10.2 Å². The van der Waals surface area contributed by atoms with Gasteiger partial charge in [-0.15, -0.1) is 0 Å². The number of fused-ring (bicyclic) bond motifs is 1. The van der Waals surface area contributed by atoms with Crippen LogP contribution in [0.3, 0.4) is 0 Å². The second-order valence-corrected chi connectivity index (χ2v) is 8.23. The Labute approximate surface area is 211 Å². The highest BCUT2D eigenvalue weighted by atomic mass is 35.5. The lowest BCUT2D eigenvalue weighted by atomic mass is 10.2. The van der Waals surface area contributed by atoms with Gasteiger partial charge in [0.15, 0.2) is 22.7 Å². The minimum Gasteiger partial charge on any atom is -0.493 e. The largest absolute Gasteiger partial charge is 0.493 e. The van der Waals surface area contributed by atoms with Crippen LogP contribution in [-0.2, 0) is 20.6 Å². The maximum atomic E-state index is 13.1. The summed E-state index contributed by atoms with van der Waals surface area (Å²) in [5.74, 6) is 1.67. The van der Waals surface area contributed by atoms with E-state index in [2.05, 4.69) is 15.5 Å². The zero-order valence-electron chi connectivity index (χ0n) is 20.4. The van der Waals surface area contributed by atoms with Gasteiger partial charge in [0.2, 0.25) is 11.7 Å². The summed E-state index contributed by atoms with van der Waals surface area (Å²) in [5, 5.41) is 4.84. The summed E-state index contributed by atoms with van der Waals surface area (Å²) in [7, 11) is 7.56. The lowest BCUT2D eigenvalue weighted by Crippen LogP contribution is -2.37. The fourth-order valence-corrected chi connectivity index (χ4v) is 4.02. The predicted octanol–water partition coefficient (Wildman–Crippen LogP) is 2.61. The third-order valence-electron chi connectivity index (χ3n) is 5.70. The van der Waals surface area contributed by atoms with Crippen LogP contribution in [0.4, 0.5) is 5.95 Å². The van der Waals surface area contributed by atoms with E-state index in [1.165, 1.54) is 32.9 Å². The van der Waals surface area contributed by atoms with Crippen molar-refractivity contribution in [2.75, 3.05) is 26.8 Å². The normalized spacial score (nSPS) is 11.3. The second-order valence-electron chi connectivity index (χ2n) is 7.82. The predicted molar refractivity (Wildman–Crippen MR) is 138 cm³/mol. The zero-order valence-corrected chi connectivity index (χ0v) is 21.2. The molecule has 0 aliphatic carbocycles. The smallest absolute Gasteiger partial charge is 0.332 e. The van der Waals surface area contributed by atoms with Gasteiger partial charge in [0.05, 0.1) is 34.1 Å². The summed E-state index contributed by atoms with van der Waals surface area (Å²) >= 11 is 6.38. The lowest BCUT2D eigenvalue weighted by molar-refractivity contribution is 0.324. The summed E-state index contributed by atoms with van der Waals surface area (Å²) in [6, 6.07) is 10.8. The van der Waals surface area contributed by atoms with E-state index in [4.69, 9.17) is 25.8 Å². The first-order valence-corrected chi connectivity index (χ1v) is 11.2. The third-order valence-corrected chi connectivity index (χ3v) is 6.07. The van der Waals surface area contributed by atoms with Gasteiger partial charge in [-0.3, -0.25) is 18.5 Å². The maximum absolute atomic E-state index is 13.1. The van der Waals surface area contributed by atoms with E-state index in [0.29, 0.717) is 27.8 Å². The number of aryl methyl sites for hydroxylation is 1. The van der Waals surface area contributed by atoms with Gasteiger partial charge in [0.1, 0.15) is 0 Å². The molecule has 2 aromatic carbocycles. The highest BCUT2D eigenvalue weighted by Crippen LogP contribution is 2.37. The quantitative estimate of drug-likeness (QED) is 0.285. The molecule has 2 heterocycles. The average Bonchev–Trinajstić information content (AvgIpc) is 3.24. The van der Waals surface area contributed by atoms with Crippen LogP contribution in [0.1, 0.15) is 11.1 Å². The van der Waals surface area contributed by atoms with Crippen molar-refractivity contribution in [3.63, 3.8) is 0 Å². The number of methoxy groups -OCH3 is 3. The first-order chi connectivity index (χ1) is 17.3. The average molecular weight is 513 g/mol. The molecule has 0 amide bonds. The number of benzene rings is 2. The molecule has 0 aliphatic heterocycles. The molecule has 0 aliphatic rings. The Hall–Kier alpha value is -4.25. The number of nitrogens with zero attached hydrogens (tertiary/aromatic N) is 5. The van der Waals surface area contributed by atoms with Gasteiger partial charge in [-0.2, -0.15) is 10.1 Å². The first kappa shape index (κ1) is 24.9. The van der Waals surface area contributed by atoms with Crippen LogP contribution in [0.5, 0.6) is 17.2 Å².